The monoisotopic (exact) mass is 139 g/mol. The highest BCUT2D eigenvalue weighted by Gasteiger charge is 1.98. The van der Waals surface area contributed by atoms with Crippen molar-refractivity contribution in [1.82, 2.24) is 0 Å². The van der Waals surface area contributed by atoms with Gasteiger partial charge in [-0.15, -0.1) is 0 Å². The number of hydrogen-bond donors (Lipinski definition) is 1. The van der Waals surface area contributed by atoms with E-state index in [0.29, 0.717) is 0 Å². The lowest BCUT2D eigenvalue weighted by Gasteiger charge is -1.94. The maximum absolute atomic E-state index is 5.36. The predicted molar refractivity (Wildman–Crippen MR) is 40.8 cm³/mol. The molecular weight excluding hydrogens is 126 g/mol. The van der Waals surface area contributed by atoms with Crippen LogP contribution in [0.15, 0.2) is 16.7 Å². The standard InChI is InChI=1S/C8H13NO/c1-7-8(3-2-5-9)4-6-10-7/h4,6H,2-3,5,9H2,1H3. The number of furan rings is 1. The van der Waals surface area contributed by atoms with Crippen LogP contribution in [0.2, 0.25) is 0 Å². The maximum Gasteiger partial charge on any atom is 0.103 e. The summed E-state index contributed by atoms with van der Waals surface area (Å²) in [5, 5.41) is 0. The van der Waals surface area contributed by atoms with Gasteiger partial charge in [-0.25, -0.2) is 0 Å². The van der Waals surface area contributed by atoms with Crippen molar-refractivity contribution in [3.63, 3.8) is 0 Å². The Kier molecular flexibility index (Phi) is 2.51. The Balaban J connectivity index is 2.49. The van der Waals surface area contributed by atoms with Gasteiger partial charge in [0.05, 0.1) is 6.26 Å². The molecule has 10 heavy (non-hydrogen) atoms. The third-order valence-electron chi connectivity index (χ3n) is 1.62. The number of aryl methyl sites for hydroxylation is 2. The third-order valence-corrected chi connectivity index (χ3v) is 1.62. The summed E-state index contributed by atoms with van der Waals surface area (Å²) in [5.41, 5.74) is 6.65. The van der Waals surface area contributed by atoms with E-state index in [1.807, 2.05) is 13.0 Å². The van der Waals surface area contributed by atoms with E-state index < -0.39 is 0 Å². The van der Waals surface area contributed by atoms with Crippen LogP contribution in [-0.2, 0) is 6.42 Å². The topological polar surface area (TPSA) is 39.2 Å². The average molecular weight is 139 g/mol. The molecule has 0 atom stereocenters. The van der Waals surface area contributed by atoms with Crippen molar-refractivity contribution >= 4 is 0 Å². The van der Waals surface area contributed by atoms with Gasteiger partial charge >= 0.3 is 0 Å². The lowest BCUT2D eigenvalue weighted by molar-refractivity contribution is 0.529. The zero-order valence-electron chi connectivity index (χ0n) is 6.26. The molecule has 0 spiro atoms. The van der Waals surface area contributed by atoms with Gasteiger partial charge in [-0.05, 0) is 37.9 Å². The zero-order chi connectivity index (χ0) is 7.40. The van der Waals surface area contributed by atoms with Gasteiger partial charge in [0.1, 0.15) is 5.76 Å². The van der Waals surface area contributed by atoms with Crippen LogP contribution >= 0.6 is 0 Å². The van der Waals surface area contributed by atoms with Gasteiger partial charge < -0.3 is 10.2 Å². The number of nitrogens with two attached hydrogens (primary N) is 1. The highest BCUT2D eigenvalue weighted by molar-refractivity contribution is 5.15. The summed E-state index contributed by atoms with van der Waals surface area (Å²) in [6.45, 7) is 2.73. The Labute approximate surface area is 61.0 Å². The SMILES string of the molecule is Cc1occc1CCCN. The molecule has 0 aliphatic carbocycles. The normalized spacial score (nSPS) is 10.2. The van der Waals surface area contributed by atoms with Gasteiger partial charge in [0.2, 0.25) is 0 Å². The van der Waals surface area contributed by atoms with Gasteiger partial charge in [-0.1, -0.05) is 0 Å². The molecule has 1 aromatic heterocycles. The van der Waals surface area contributed by atoms with Crippen molar-refractivity contribution in [2.45, 2.75) is 19.8 Å². The van der Waals surface area contributed by atoms with Gasteiger partial charge in [-0.3, -0.25) is 0 Å². The quantitative estimate of drug-likeness (QED) is 0.688. The molecule has 2 heteroatoms. The van der Waals surface area contributed by atoms with Gasteiger partial charge in [0.15, 0.2) is 0 Å². The Hall–Kier alpha value is -0.760. The Morgan fingerprint density at radius 3 is 2.90 bits per heavy atom. The van der Waals surface area contributed by atoms with Crippen molar-refractivity contribution in [3.8, 4) is 0 Å². The van der Waals surface area contributed by atoms with E-state index in [4.69, 9.17) is 10.2 Å². The summed E-state index contributed by atoms with van der Waals surface area (Å²) in [7, 11) is 0. The predicted octanol–water partition coefficient (Wildman–Crippen LogP) is 1.48. The first-order valence-electron chi connectivity index (χ1n) is 3.57. The van der Waals surface area contributed by atoms with Crippen LogP contribution in [0.3, 0.4) is 0 Å². The maximum atomic E-state index is 5.36. The van der Waals surface area contributed by atoms with Crippen molar-refractivity contribution < 1.29 is 4.42 Å². The lowest BCUT2D eigenvalue weighted by atomic mass is 10.1. The van der Waals surface area contributed by atoms with Crippen LogP contribution < -0.4 is 5.73 Å². The van der Waals surface area contributed by atoms with Crippen molar-refractivity contribution in [2.24, 2.45) is 5.73 Å². The molecule has 0 aliphatic rings. The second-order valence-corrected chi connectivity index (χ2v) is 2.39. The van der Waals surface area contributed by atoms with Crippen molar-refractivity contribution in [2.75, 3.05) is 6.54 Å². The fourth-order valence-corrected chi connectivity index (χ4v) is 0.963. The Morgan fingerprint density at radius 2 is 2.40 bits per heavy atom. The first-order chi connectivity index (χ1) is 4.84. The van der Waals surface area contributed by atoms with Crippen LogP contribution in [0.4, 0.5) is 0 Å². The zero-order valence-corrected chi connectivity index (χ0v) is 6.26. The smallest absolute Gasteiger partial charge is 0.103 e. The van der Waals surface area contributed by atoms with Crippen LogP contribution in [0.25, 0.3) is 0 Å². The minimum atomic E-state index is 0.755. The summed E-state index contributed by atoms with van der Waals surface area (Å²) in [5.74, 6) is 1.02. The molecule has 0 fully saturated rings. The molecule has 0 saturated carbocycles. The molecule has 2 nitrogen and oxygen atoms in total. The molecule has 1 aromatic rings. The van der Waals surface area contributed by atoms with Crippen LogP contribution in [-0.4, -0.2) is 6.54 Å². The summed E-state index contributed by atoms with van der Waals surface area (Å²) in [6.07, 6.45) is 3.81. The summed E-state index contributed by atoms with van der Waals surface area (Å²) in [4.78, 5) is 0. The molecule has 0 bridgehead atoms. The highest BCUT2D eigenvalue weighted by atomic mass is 16.3. The lowest BCUT2D eigenvalue weighted by Crippen LogP contribution is -2.00. The molecule has 0 unspecified atom stereocenters. The van der Waals surface area contributed by atoms with Crippen LogP contribution in [0.5, 0.6) is 0 Å². The summed E-state index contributed by atoms with van der Waals surface area (Å²) < 4.78 is 5.12. The number of hydrogen-bond acceptors (Lipinski definition) is 2. The molecule has 0 aliphatic heterocycles. The molecular formula is C8H13NO. The van der Waals surface area contributed by atoms with E-state index in [9.17, 15) is 0 Å². The summed E-state index contributed by atoms with van der Waals surface area (Å²) >= 11 is 0. The number of rotatable bonds is 3. The average Bonchev–Trinajstić information content (AvgIpc) is 2.31. The van der Waals surface area contributed by atoms with E-state index in [1.165, 1.54) is 5.56 Å². The van der Waals surface area contributed by atoms with E-state index >= 15 is 0 Å². The fourth-order valence-electron chi connectivity index (χ4n) is 0.963. The van der Waals surface area contributed by atoms with Crippen molar-refractivity contribution in [1.29, 1.82) is 0 Å². The Bertz CT molecular complexity index is 193. The van der Waals surface area contributed by atoms with Gasteiger partial charge in [-0.2, -0.15) is 0 Å². The minimum Gasteiger partial charge on any atom is -0.469 e. The van der Waals surface area contributed by atoms with Gasteiger partial charge in [0, 0.05) is 0 Å². The first kappa shape index (κ1) is 7.35. The molecule has 0 amide bonds. The molecule has 0 aromatic carbocycles. The Morgan fingerprint density at radius 1 is 1.60 bits per heavy atom. The molecule has 56 valence electrons. The minimum absolute atomic E-state index is 0.755. The second kappa shape index (κ2) is 3.42. The third kappa shape index (κ3) is 1.61. The molecule has 0 saturated heterocycles. The van der Waals surface area contributed by atoms with Crippen LogP contribution in [0, 0.1) is 6.92 Å². The van der Waals surface area contributed by atoms with E-state index in [-0.39, 0.29) is 0 Å². The van der Waals surface area contributed by atoms with E-state index in [2.05, 4.69) is 0 Å². The molecule has 2 N–H and O–H groups in total. The largest absolute Gasteiger partial charge is 0.469 e. The highest BCUT2D eigenvalue weighted by Crippen LogP contribution is 2.09. The van der Waals surface area contributed by atoms with Crippen LogP contribution in [0.1, 0.15) is 17.7 Å². The second-order valence-electron chi connectivity index (χ2n) is 2.39. The van der Waals surface area contributed by atoms with E-state index in [1.54, 1.807) is 6.26 Å². The molecule has 0 radical (unpaired) electrons. The van der Waals surface area contributed by atoms with E-state index in [0.717, 1.165) is 25.1 Å². The molecule has 1 rings (SSSR count). The molecule has 1 heterocycles. The first-order valence-corrected chi connectivity index (χ1v) is 3.57. The van der Waals surface area contributed by atoms with Crippen molar-refractivity contribution in [3.05, 3.63) is 23.7 Å². The fraction of sp³-hybridized carbons (Fsp3) is 0.500. The van der Waals surface area contributed by atoms with Gasteiger partial charge in [0.25, 0.3) is 0 Å². The summed E-state index contributed by atoms with van der Waals surface area (Å²) in [6, 6.07) is 2.00.